The maximum atomic E-state index is 12.4. The van der Waals surface area contributed by atoms with Gasteiger partial charge in [-0.3, -0.25) is 4.79 Å². The van der Waals surface area contributed by atoms with Gasteiger partial charge < -0.3 is 10.4 Å². The van der Waals surface area contributed by atoms with Crippen LogP contribution in [0.4, 0.5) is 0 Å². The highest BCUT2D eigenvalue weighted by atomic mass is 35.5. The van der Waals surface area contributed by atoms with E-state index < -0.39 is 5.60 Å². The lowest BCUT2D eigenvalue weighted by Crippen LogP contribution is -2.42. The topological polar surface area (TPSA) is 67.2 Å². The molecule has 1 aromatic heterocycles. The summed E-state index contributed by atoms with van der Waals surface area (Å²) in [7, 11) is 0. The molecule has 5 nitrogen and oxygen atoms in total. The third-order valence-electron chi connectivity index (χ3n) is 4.23. The summed E-state index contributed by atoms with van der Waals surface area (Å²) in [5.74, 6) is -0.249. The van der Waals surface area contributed by atoms with Crippen molar-refractivity contribution in [3.63, 3.8) is 0 Å². The van der Waals surface area contributed by atoms with Crippen LogP contribution in [0, 0.1) is 6.92 Å². The first kappa shape index (κ1) is 17.5. The Morgan fingerprint density at radius 3 is 2.61 bits per heavy atom. The van der Waals surface area contributed by atoms with Gasteiger partial charge in [-0.25, -0.2) is 4.68 Å². The molecule has 2 rings (SSSR count). The summed E-state index contributed by atoms with van der Waals surface area (Å²) in [5, 5.41) is 17.9. The molecule has 0 saturated carbocycles. The fourth-order valence-corrected chi connectivity index (χ4v) is 2.55. The van der Waals surface area contributed by atoms with Crippen molar-refractivity contribution in [2.24, 2.45) is 0 Å². The number of halogens is 1. The highest BCUT2D eigenvalue weighted by molar-refractivity contribution is 6.32. The number of amides is 1. The molecule has 0 fully saturated rings. The van der Waals surface area contributed by atoms with Crippen molar-refractivity contribution in [1.29, 1.82) is 0 Å². The quantitative estimate of drug-likeness (QED) is 0.852. The van der Waals surface area contributed by atoms with Crippen LogP contribution >= 0.6 is 11.6 Å². The van der Waals surface area contributed by atoms with Crippen LogP contribution in [0.5, 0.6) is 0 Å². The van der Waals surface area contributed by atoms with Gasteiger partial charge in [-0.1, -0.05) is 37.6 Å². The SMILES string of the molecule is CCC(O)(CC)CNC(=O)c1cnn(-c2ccccc2Cl)c1C. The molecular weight excluding hydrogens is 314 g/mol. The molecule has 0 aliphatic carbocycles. The highest BCUT2D eigenvalue weighted by Crippen LogP contribution is 2.22. The highest BCUT2D eigenvalue weighted by Gasteiger charge is 2.24. The smallest absolute Gasteiger partial charge is 0.254 e. The van der Waals surface area contributed by atoms with E-state index in [9.17, 15) is 9.90 Å². The molecule has 0 unspecified atom stereocenters. The Kier molecular flexibility index (Phi) is 5.44. The van der Waals surface area contributed by atoms with E-state index in [1.54, 1.807) is 10.7 Å². The first-order chi connectivity index (χ1) is 10.9. The number of hydrogen-bond acceptors (Lipinski definition) is 3. The predicted octanol–water partition coefficient (Wildman–Crippen LogP) is 3.12. The maximum Gasteiger partial charge on any atom is 0.254 e. The molecule has 6 heteroatoms. The molecule has 1 aromatic carbocycles. The van der Waals surface area contributed by atoms with Crippen molar-refractivity contribution in [2.75, 3.05) is 6.54 Å². The van der Waals surface area contributed by atoms with E-state index in [2.05, 4.69) is 10.4 Å². The first-order valence-corrected chi connectivity index (χ1v) is 8.09. The molecule has 124 valence electrons. The number of benzene rings is 1. The van der Waals surface area contributed by atoms with E-state index in [1.807, 2.05) is 39.0 Å². The van der Waals surface area contributed by atoms with Gasteiger partial charge in [0.25, 0.3) is 5.91 Å². The largest absolute Gasteiger partial charge is 0.388 e. The van der Waals surface area contributed by atoms with Crippen molar-refractivity contribution in [3.8, 4) is 5.69 Å². The number of para-hydroxylation sites is 1. The summed E-state index contributed by atoms with van der Waals surface area (Å²) >= 11 is 6.18. The molecule has 1 amide bonds. The minimum absolute atomic E-state index is 0.218. The van der Waals surface area contributed by atoms with Crippen LogP contribution in [0.15, 0.2) is 30.5 Å². The lowest BCUT2D eigenvalue weighted by molar-refractivity contribution is 0.0314. The van der Waals surface area contributed by atoms with Gasteiger partial charge in [0.1, 0.15) is 0 Å². The van der Waals surface area contributed by atoms with Crippen LogP contribution in [0.2, 0.25) is 5.02 Å². The van der Waals surface area contributed by atoms with Gasteiger partial charge in [-0.2, -0.15) is 5.10 Å². The monoisotopic (exact) mass is 335 g/mol. The van der Waals surface area contributed by atoms with E-state index in [0.29, 0.717) is 29.1 Å². The van der Waals surface area contributed by atoms with Gasteiger partial charge in [0.05, 0.1) is 33.8 Å². The number of carbonyl (C=O) groups excluding carboxylic acids is 1. The zero-order valence-electron chi connectivity index (χ0n) is 13.6. The normalized spacial score (nSPS) is 11.5. The van der Waals surface area contributed by atoms with Crippen LogP contribution < -0.4 is 5.32 Å². The summed E-state index contributed by atoms with van der Waals surface area (Å²) in [5.41, 5.74) is 1.03. The van der Waals surface area contributed by atoms with Crippen molar-refractivity contribution < 1.29 is 9.90 Å². The minimum Gasteiger partial charge on any atom is -0.388 e. The lowest BCUT2D eigenvalue weighted by Gasteiger charge is -2.25. The fraction of sp³-hybridized carbons (Fsp3) is 0.412. The molecule has 2 N–H and O–H groups in total. The van der Waals surface area contributed by atoms with Gasteiger partial charge in [0.2, 0.25) is 0 Å². The van der Waals surface area contributed by atoms with E-state index in [0.717, 1.165) is 5.69 Å². The average molecular weight is 336 g/mol. The van der Waals surface area contributed by atoms with Crippen molar-refractivity contribution in [1.82, 2.24) is 15.1 Å². The van der Waals surface area contributed by atoms with Crippen LogP contribution in [-0.2, 0) is 0 Å². The molecule has 1 heterocycles. The number of aliphatic hydroxyl groups is 1. The number of nitrogens with one attached hydrogen (secondary N) is 1. The number of nitrogens with zero attached hydrogens (tertiary/aromatic N) is 2. The van der Waals surface area contributed by atoms with E-state index in [-0.39, 0.29) is 12.5 Å². The molecule has 0 spiro atoms. The summed E-state index contributed by atoms with van der Waals surface area (Å²) in [4.78, 5) is 12.4. The summed E-state index contributed by atoms with van der Waals surface area (Å²) in [6, 6.07) is 7.33. The lowest BCUT2D eigenvalue weighted by atomic mass is 9.97. The molecule has 2 aromatic rings. The third kappa shape index (κ3) is 3.74. The van der Waals surface area contributed by atoms with Gasteiger partial charge in [-0.15, -0.1) is 0 Å². The Labute approximate surface area is 141 Å². The number of rotatable bonds is 6. The van der Waals surface area contributed by atoms with Crippen molar-refractivity contribution in [3.05, 3.63) is 46.7 Å². The summed E-state index contributed by atoms with van der Waals surface area (Å²) in [6.45, 7) is 5.83. The molecule has 0 aliphatic rings. The van der Waals surface area contributed by atoms with Gasteiger partial charge >= 0.3 is 0 Å². The molecule has 0 bridgehead atoms. The van der Waals surface area contributed by atoms with Crippen LogP contribution in [0.1, 0.15) is 42.7 Å². The Balaban J connectivity index is 2.19. The molecule has 23 heavy (non-hydrogen) atoms. The summed E-state index contributed by atoms with van der Waals surface area (Å²) in [6.07, 6.45) is 2.69. The average Bonchev–Trinajstić information content (AvgIpc) is 2.94. The molecule has 0 atom stereocenters. The number of carbonyl (C=O) groups is 1. The van der Waals surface area contributed by atoms with E-state index in [4.69, 9.17) is 11.6 Å². The second kappa shape index (κ2) is 7.15. The zero-order chi connectivity index (χ0) is 17.0. The van der Waals surface area contributed by atoms with Crippen LogP contribution in [0.3, 0.4) is 0 Å². The Hall–Kier alpha value is -1.85. The second-order valence-electron chi connectivity index (χ2n) is 5.62. The maximum absolute atomic E-state index is 12.4. The number of hydrogen-bond donors (Lipinski definition) is 2. The number of aromatic nitrogens is 2. The molecule has 0 saturated heterocycles. The Morgan fingerprint density at radius 2 is 2.00 bits per heavy atom. The van der Waals surface area contributed by atoms with Crippen molar-refractivity contribution in [2.45, 2.75) is 39.2 Å². The fourth-order valence-electron chi connectivity index (χ4n) is 2.34. The third-order valence-corrected chi connectivity index (χ3v) is 4.55. The van der Waals surface area contributed by atoms with Crippen LogP contribution in [-0.4, -0.2) is 32.9 Å². The minimum atomic E-state index is -0.873. The Bertz CT molecular complexity index is 693. The molecule has 0 aliphatic heterocycles. The second-order valence-corrected chi connectivity index (χ2v) is 6.03. The standard InChI is InChI=1S/C17H22ClN3O2/c1-4-17(23,5-2)11-19-16(22)13-10-20-21(12(13)3)15-9-7-6-8-14(15)18/h6-10,23H,4-5,11H2,1-3H3,(H,19,22). The molecular formula is C17H22ClN3O2. The van der Waals surface area contributed by atoms with Gasteiger partial charge in [0.15, 0.2) is 0 Å². The van der Waals surface area contributed by atoms with E-state index >= 15 is 0 Å². The Morgan fingerprint density at radius 1 is 1.35 bits per heavy atom. The van der Waals surface area contributed by atoms with Crippen LogP contribution in [0.25, 0.3) is 5.69 Å². The van der Waals surface area contributed by atoms with E-state index in [1.165, 1.54) is 6.20 Å². The van der Waals surface area contributed by atoms with Gasteiger partial charge in [-0.05, 0) is 31.9 Å². The van der Waals surface area contributed by atoms with Gasteiger partial charge in [0, 0.05) is 6.54 Å². The van der Waals surface area contributed by atoms with Crippen molar-refractivity contribution >= 4 is 17.5 Å². The first-order valence-electron chi connectivity index (χ1n) is 7.72. The predicted molar refractivity (Wildman–Crippen MR) is 91.2 cm³/mol. The molecule has 0 radical (unpaired) electrons. The zero-order valence-corrected chi connectivity index (χ0v) is 14.4. The summed E-state index contributed by atoms with van der Waals surface area (Å²) < 4.78 is 1.64.